The zero-order valence-electron chi connectivity index (χ0n) is 9.71. The molecule has 0 amide bonds. The van der Waals surface area contributed by atoms with Crippen molar-refractivity contribution in [3.8, 4) is 0 Å². The van der Waals surface area contributed by atoms with E-state index < -0.39 is 23.5 Å². The summed E-state index contributed by atoms with van der Waals surface area (Å²) >= 11 is 3.16. The lowest BCUT2D eigenvalue weighted by Crippen LogP contribution is -2.11. The Hall–Kier alpha value is -0.720. The zero-order chi connectivity index (χ0) is 14.7. The van der Waals surface area contributed by atoms with E-state index in [0.29, 0.717) is 18.2 Å². The van der Waals surface area contributed by atoms with Crippen molar-refractivity contribution in [3.05, 3.63) is 34.9 Å². The van der Waals surface area contributed by atoms with Gasteiger partial charge in [-0.2, -0.15) is 26.3 Å². The van der Waals surface area contributed by atoms with Gasteiger partial charge in [-0.05, 0) is 43.0 Å². The molecule has 0 saturated heterocycles. The van der Waals surface area contributed by atoms with E-state index in [1.165, 1.54) is 0 Å². The van der Waals surface area contributed by atoms with Crippen LogP contribution in [0, 0.1) is 0 Å². The van der Waals surface area contributed by atoms with Crippen molar-refractivity contribution in [1.29, 1.82) is 0 Å². The average Bonchev–Trinajstić information content (AvgIpc) is 2.27. The molecule has 0 radical (unpaired) electrons. The molecule has 108 valence electrons. The summed E-state index contributed by atoms with van der Waals surface area (Å²) in [6.07, 6.45) is -8.13. The molecule has 0 aliphatic heterocycles. The molecule has 0 aliphatic rings. The van der Waals surface area contributed by atoms with Crippen LogP contribution in [0.2, 0.25) is 0 Å². The average molecular weight is 349 g/mol. The summed E-state index contributed by atoms with van der Waals surface area (Å²) in [6, 6.07) is 1.71. The van der Waals surface area contributed by atoms with E-state index in [1.54, 1.807) is 0 Å². The van der Waals surface area contributed by atoms with Gasteiger partial charge in [-0.3, -0.25) is 0 Å². The molecule has 0 heterocycles. The molecule has 1 aromatic rings. The topological polar surface area (TPSA) is 0 Å². The van der Waals surface area contributed by atoms with Crippen LogP contribution < -0.4 is 0 Å². The maximum absolute atomic E-state index is 12.5. The maximum atomic E-state index is 12.5. The Morgan fingerprint density at radius 1 is 0.789 bits per heavy atom. The first-order chi connectivity index (χ1) is 8.64. The van der Waals surface area contributed by atoms with Crippen molar-refractivity contribution in [2.75, 3.05) is 5.33 Å². The van der Waals surface area contributed by atoms with Gasteiger partial charge in [0.1, 0.15) is 0 Å². The van der Waals surface area contributed by atoms with Gasteiger partial charge < -0.3 is 0 Å². The molecular weight excluding hydrogens is 338 g/mol. The molecule has 7 heteroatoms. The molecule has 0 unspecified atom stereocenters. The number of halogens is 7. The van der Waals surface area contributed by atoms with Crippen molar-refractivity contribution in [2.45, 2.75) is 31.6 Å². The second kappa shape index (κ2) is 6.15. The van der Waals surface area contributed by atoms with Crippen molar-refractivity contribution in [2.24, 2.45) is 0 Å². The van der Waals surface area contributed by atoms with Crippen LogP contribution in [0.3, 0.4) is 0 Å². The highest BCUT2D eigenvalue weighted by molar-refractivity contribution is 9.09. The Bertz CT molecular complexity index is 389. The minimum atomic E-state index is -4.77. The van der Waals surface area contributed by atoms with Crippen molar-refractivity contribution in [3.63, 3.8) is 0 Å². The molecule has 0 bridgehead atoms. The molecule has 0 atom stereocenters. The van der Waals surface area contributed by atoms with Crippen molar-refractivity contribution >= 4 is 15.9 Å². The van der Waals surface area contributed by atoms with Crippen molar-refractivity contribution < 1.29 is 26.3 Å². The van der Waals surface area contributed by atoms with E-state index in [0.717, 1.165) is 12.1 Å². The highest BCUT2D eigenvalue weighted by atomic mass is 79.9. The van der Waals surface area contributed by atoms with E-state index in [4.69, 9.17) is 0 Å². The number of alkyl halides is 7. The van der Waals surface area contributed by atoms with Gasteiger partial charge in [0.25, 0.3) is 0 Å². The highest BCUT2D eigenvalue weighted by Gasteiger charge is 2.36. The second-order valence-corrected chi connectivity index (χ2v) is 4.85. The number of unbranched alkanes of at least 4 members (excludes halogenated alkanes) is 1. The summed E-state index contributed by atoms with van der Waals surface area (Å²) in [5.74, 6) is 0. The smallest absolute Gasteiger partial charge is 0.166 e. The molecule has 0 aromatic heterocycles. The second-order valence-electron chi connectivity index (χ2n) is 4.06. The van der Waals surface area contributed by atoms with Gasteiger partial charge in [-0.1, -0.05) is 15.9 Å². The summed E-state index contributed by atoms with van der Waals surface area (Å²) in [6.45, 7) is 0. The summed E-state index contributed by atoms with van der Waals surface area (Å²) < 4.78 is 75.3. The molecule has 0 aliphatic carbocycles. The van der Waals surface area contributed by atoms with E-state index in [-0.39, 0.29) is 18.1 Å². The minimum Gasteiger partial charge on any atom is -0.166 e. The Morgan fingerprint density at radius 3 is 1.63 bits per heavy atom. The highest BCUT2D eigenvalue weighted by Crippen LogP contribution is 2.36. The lowest BCUT2D eigenvalue weighted by atomic mass is 10.0. The van der Waals surface area contributed by atoms with Gasteiger partial charge in [-0.15, -0.1) is 0 Å². The largest absolute Gasteiger partial charge is 0.416 e. The van der Waals surface area contributed by atoms with E-state index in [2.05, 4.69) is 15.9 Å². The summed E-state index contributed by atoms with van der Waals surface area (Å²) in [4.78, 5) is 0. The molecule has 0 saturated carbocycles. The van der Waals surface area contributed by atoms with Gasteiger partial charge in [0.2, 0.25) is 0 Å². The fourth-order valence-corrected chi connectivity index (χ4v) is 1.98. The molecular formula is C12H11BrF6. The third-order valence-corrected chi connectivity index (χ3v) is 3.06. The van der Waals surface area contributed by atoms with Crippen LogP contribution in [-0.4, -0.2) is 5.33 Å². The normalized spacial score (nSPS) is 12.8. The van der Waals surface area contributed by atoms with Crippen LogP contribution in [0.5, 0.6) is 0 Å². The SMILES string of the molecule is FC(F)(F)c1cc(CCCCBr)cc(C(F)(F)F)c1. The number of rotatable bonds is 4. The molecule has 1 aromatic carbocycles. The molecule has 0 fully saturated rings. The Balaban J connectivity index is 3.10. The number of hydrogen-bond donors (Lipinski definition) is 0. The van der Waals surface area contributed by atoms with Gasteiger partial charge in [0, 0.05) is 5.33 Å². The van der Waals surface area contributed by atoms with E-state index in [1.807, 2.05) is 0 Å². The van der Waals surface area contributed by atoms with Crippen LogP contribution in [0.1, 0.15) is 29.5 Å². The number of hydrogen-bond acceptors (Lipinski definition) is 0. The van der Waals surface area contributed by atoms with Gasteiger partial charge in [0.05, 0.1) is 11.1 Å². The molecule has 1 rings (SSSR count). The first kappa shape index (κ1) is 16.3. The molecule has 0 N–H and O–H groups in total. The maximum Gasteiger partial charge on any atom is 0.416 e. The van der Waals surface area contributed by atoms with E-state index in [9.17, 15) is 26.3 Å². The number of aryl methyl sites for hydroxylation is 1. The fourth-order valence-electron chi connectivity index (χ4n) is 1.59. The first-order valence-corrected chi connectivity index (χ1v) is 6.61. The molecule has 0 nitrogen and oxygen atoms in total. The Morgan fingerprint density at radius 2 is 1.26 bits per heavy atom. The molecule has 0 spiro atoms. The lowest BCUT2D eigenvalue weighted by Gasteiger charge is -2.14. The van der Waals surface area contributed by atoms with Crippen LogP contribution >= 0.6 is 15.9 Å². The predicted molar refractivity (Wildman–Crippen MR) is 63.2 cm³/mol. The minimum absolute atomic E-state index is 0.0584. The Labute approximate surface area is 114 Å². The first-order valence-electron chi connectivity index (χ1n) is 5.49. The van der Waals surface area contributed by atoms with Gasteiger partial charge in [-0.25, -0.2) is 0 Å². The van der Waals surface area contributed by atoms with Crippen molar-refractivity contribution in [1.82, 2.24) is 0 Å². The monoisotopic (exact) mass is 348 g/mol. The quantitative estimate of drug-likeness (QED) is 0.386. The third-order valence-electron chi connectivity index (χ3n) is 2.50. The van der Waals surface area contributed by atoms with Gasteiger partial charge in [0.15, 0.2) is 0 Å². The number of benzene rings is 1. The standard InChI is InChI=1S/C12H11BrF6/c13-4-2-1-3-8-5-9(11(14,15)16)7-10(6-8)12(17,18)19/h5-7H,1-4H2. The van der Waals surface area contributed by atoms with Crippen LogP contribution in [0.15, 0.2) is 18.2 Å². The van der Waals surface area contributed by atoms with Crippen LogP contribution in [0.4, 0.5) is 26.3 Å². The van der Waals surface area contributed by atoms with E-state index >= 15 is 0 Å². The summed E-state index contributed by atoms with van der Waals surface area (Å²) in [7, 11) is 0. The van der Waals surface area contributed by atoms with Crippen LogP contribution in [0.25, 0.3) is 0 Å². The third kappa shape index (κ3) is 5.04. The van der Waals surface area contributed by atoms with Crippen LogP contribution in [-0.2, 0) is 18.8 Å². The lowest BCUT2D eigenvalue weighted by molar-refractivity contribution is -0.143. The molecule has 19 heavy (non-hydrogen) atoms. The zero-order valence-corrected chi connectivity index (χ0v) is 11.3. The predicted octanol–water partition coefficient (Wildman–Crippen LogP) is 5.44. The fraction of sp³-hybridized carbons (Fsp3) is 0.500. The van der Waals surface area contributed by atoms with Gasteiger partial charge >= 0.3 is 12.4 Å². The summed E-state index contributed by atoms with van der Waals surface area (Å²) in [5.41, 5.74) is -2.45. The summed E-state index contributed by atoms with van der Waals surface area (Å²) in [5, 5.41) is 0.665. The Kier molecular flexibility index (Phi) is 5.29.